The van der Waals surface area contributed by atoms with Gasteiger partial charge in [0.15, 0.2) is 0 Å². The second-order valence-corrected chi connectivity index (χ2v) is 7.17. The standard InChI is InChI=1S/C16H28N2O2/c1-10(2)8-13-16(20)18(9-12-6-5-7-12)14(11(3)4)15(19)17-13/h10-14H,5-9H2,1-4H3,(H,17,19). The molecule has 4 nitrogen and oxygen atoms in total. The number of carbonyl (C=O) groups excluding carboxylic acids is 2. The molecule has 1 heterocycles. The van der Waals surface area contributed by atoms with Gasteiger partial charge in [-0.1, -0.05) is 34.1 Å². The molecule has 2 unspecified atom stereocenters. The van der Waals surface area contributed by atoms with Crippen molar-refractivity contribution in [1.82, 2.24) is 10.2 Å². The van der Waals surface area contributed by atoms with Gasteiger partial charge in [-0.3, -0.25) is 9.59 Å². The monoisotopic (exact) mass is 280 g/mol. The van der Waals surface area contributed by atoms with Gasteiger partial charge < -0.3 is 10.2 Å². The molecule has 2 fully saturated rings. The van der Waals surface area contributed by atoms with Crippen molar-refractivity contribution in [3.05, 3.63) is 0 Å². The second-order valence-electron chi connectivity index (χ2n) is 7.17. The van der Waals surface area contributed by atoms with Crippen molar-refractivity contribution in [2.24, 2.45) is 17.8 Å². The number of nitrogens with zero attached hydrogens (tertiary/aromatic N) is 1. The smallest absolute Gasteiger partial charge is 0.245 e. The average Bonchev–Trinajstić information content (AvgIpc) is 2.27. The molecule has 2 aliphatic rings. The minimum atomic E-state index is -0.322. The highest BCUT2D eigenvalue weighted by atomic mass is 16.2. The van der Waals surface area contributed by atoms with Crippen LogP contribution in [0.5, 0.6) is 0 Å². The molecule has 4 heteroatoms. The highest BCUT2D eigenvalue weighted by Gasteiger charge is 2.43. The first-order valence-electron chi connectivity index (χ1n) is 8.01. The van der Waals surface area contributed by atoms with Crippen LogP contribution in [0.3, 0.4) is 0 Å². The van der Waals surface area contributed by atoms with E-state index in [-0.39, 0.29) is 29.8 Å². The Morgan fingerprint density at radius 1 is 1.20 bits per heavy atom. The minimum absolute atomic E-state index is 0.0320. The number of piperazine rings is 1. The first-order valence-corrected chi connectivity index (χ1v) is 8.01. The zero-order valence-corrected chi connectivity index (χ0v) is 13.2. The lowest BCUT2D eigenvalue weighted by atomic mass is 9.83. The molecule has 0 bridgehead atoms. The van der Waals surface area contributed by atoms with Crippen LogP contribution in [0.4, 0.5) is 0 Å². The molecular weight excluding hydrogens is 252 g/mol. The van der Waals surface area contributed by atoms with Gasteiger partial charge in [0.05, 0.1) is 0 Å². The molecule has 0 aromatic carbocycles. The quantitative estimate of drug-likeness (QED) is 0.839. The fourth-order valence-corrected chi connectivity index (χ4v) is 3.25. The first kappa shape index (κ1) is 15.3. The van der Waals surface area contributed by atoms with Crippen molar-refractivity contribution in [2.75, 3.05) is 6.54 Å². The highest BCUT2D eigenvalue weighted by molar-refractivity contribution is 5.97. The van der Waals surface area contributed by atoms with E-state index in [1.165, 1.54) is 19.3 Å². The first-order chi connectivity index (χ1) is 9.40. The van der Waals surface area contributed by atoms with E-state index in [0.29, 0.717) is 11.8 Å². The number of carbonyl (C=O) groups is 2. The third-order valence-corrected chi connectivity index (χ3v) is 4.52. The summed E-state index contributed by atoms with van der Waals surface area (Å²) in [6.45, 7) is 8.99. The molecule has 2 rings (SSSR count). The molecule has 2 atom stereocenters. The molecule has 1 N–H and O–H groups in total. The number of hydrogen-bond acceptors (Lipinski definition) is 2. The molecular formula is C16H28N2O2. The van der Waals surface area contributed by atoms with Gasteiger partial charge in [0.1, 0.15) is 12.1 Å². The highest BCUT2D eigenvalue weighted by Crippen LogP contribution is 2.30. The molecule has 2 amide bonds. The summed E-state index contributed by atoms with van der Waals surface area (Å²) in [5.41, 5.74) is 0. The zero-order chi connectivity index (χ0) is 14.9. The van der Waals surface area contributed by atoms with Gasteiger partial charge in [0.2, 0.25) is 11.8 Å². The maximum Gasteiger partial charge on any atom is 0.245 e. The van der Waals surface area contributed by atoms with Gasteiger partial charge in [-0.05, 0) is 37.0 Å². The fraction of sp³-hybridized carbons (Fsp3) is 0.875. The Bertz CT molecular complexity index is 375. The summed E-state index contributed by atoms with van der Waals surface area (Å²) < 4.78 is 0. The van der Waals surface area contributed by atoms with E-state index in [4.69, 9.17) is 0 Å². The molecule has 1 saturated carbocycles. The molecule has 20 heavy (non-hydrogen) atoms. The largest absolute Gasteiger partial charge is 0.342 e. The topological polar surface area (TPSA) is 49.4 Å². The minimum Gasteiger partial charge on any atom is -0.342 e. The summed E-state index contributed by atoms with van der Waals surface area (Å²) in [5, 5.41) is 2.94. The number of amides is 2. The van der Waals surface area contributed by atoms with E-state index >= 15 is 0 Å². The Morgan fingerprint density at radius 2 is 1.85 bits per heavy atom. The summed E-state index contributed by atoms with van der Waals surface area (Å²) >= 11 is 0. The number of nitrogens with one attached hydrogen (secondary N) is 1. The van der Waals surface area contributed by atoms with Crippen LogP contribution in [-0.4, -0.2) is 35.3 Å². The Hall–Kier alpha value is -1.06. The van der Waals surface area contributed by atoms with Crippen molar-refractivity contribution < 1.29 is 9.59 Å². The van der Waals surface area contributed by atoms with E-state index in [2.05, 4.69) is 19.2 Å². The summed E-state index contributed by atoms with van der Waals surface area (Å²) in [6.07, 6.45) is 4.40. The van der Waals surface area contributed by atoms with Crippen LogP contribution in [0.25, 0.3) is 0 Å². The lowest BCUT2D eigenvalue weighted by Gasteiger charge is -2.44. The lowest BCUT2D eigenvalue weighted by Crippen LogP contribution is -2.65. The second kappa shape index (κ2) is 6.15. The van der Waals surface area contributed by atoms with E-state index in [9.17, 15) is 9.59 Å². The third-order valence-electron chi connectivity index (χ3n) is 4.52. The third kappa shape index (κ3) is 3.15. The van der Waals surface area contributed by atoms with Crippen LogP contribution < -0.4 is 5.32 Å². The maximum atomic E-state index is 12.7. The van der Waals surface area contributed by atoms with Crippen molar-refractivity contribution >= 4 is 11.8 Å². The normalized spacial score (nSPS) is 28.0. The average molecular weight is 280 g/mol. The Labute approximate surface area is 122 Å². The number of hydrogen-bond donors (Lipinski definition) is 1. The lowest BCUT2D eigenvalue weighted by molar-refractivity contribution is -0.152. The zero-order valence-electron chi connectivity index (χ0n) is 13.2. The summed E-state index contributed by atoms with van der Waals surface area (Å²) in [7, 11) is 0. The van der Waals surface area contributed by atoms with Gasteiger partial charge in [0.25, 0.3) is 0 Å². The predicted octanol–water partition coefficient (Wildman–Crippen LogP) is 2.18. The molecule has 0 spiro atoms. The summed E-state index contributed by atoms with van der Waals surface area (Å²) in [5.74, 6) is 1.34. The molecule has 1 aliphatic heterocycles. The van der Waals surface area contributed by atoms with Crippen LogP contribution in [-0.2, 0) is 9.59 Å². The van der Waals surface area contributed by atoms with E-state index in [1.54, 1.807) is 0 Å². The summed E-state index contributed by atoms with van der Waals surface area (Å²) in [4.78, 5) is 26.9. The number of rotatable bonds is 5. The van der Waals surface area contributed by atoms with Crippen LogP contribution in [0.15, 0.2) is 0 Å². The van der Waals surface area contributed by atoms with Crippen LogP contribution in [0.1, 0.15) is 53.4 Å². The van der Waals surface area contributed by atoms with Gasteiger partial charge in [-0.2, -0.15) is 0 Å². The molecule has 1 saturated heterocycles. The van der Waals surface area contributed by atoms with Gasteiger partial charge in [-0.25, -0.2) is 0 Å². The molecule has 1 aliphatic carbocycles. The molecule has 0 aromatic heterocycles. The van der Waals surface area contributed by atoms with Crippen LogP contribution >= 0.6 is 0 Å². The van der Waals surface area contributed by atoms with Gasteiger partial charge in [-0.15, -0.1) is 0 Å². The van der Waals surface area contributed by atoms with Gasteiger partial charge >= 0.3 is 0 Å². The van der Waals surface area contributed by atoms with Crippen LogP contribution in [0.2, 0.25) is 0 Å². The molecule has 0 radical (unpaired) electrons. The predicted molar refractivity (Wildman–Crippen MR) is 79.1 cm³/mol. The van der Waals surface area contributed by atoms with Crippen molar-refractivity contribution in [3.8, 4) is 0 Å². The molecule has 0 aromatic rings. The van der Waals surface area contributed by atoms with Crippen molar-refractivity contribution in [1.29, 1.82) is 0 Å². The van der Waals surface area contributed by atoms with Crippen molar-refractivity contribution in [2.45, 2.75) is 65.5 Å². The van der Waals surface area contributed by atoms with Gasteiger partial charge in [0, 0.05) is 6.54 Å². The SMILES string of the molecule is CC(C)CC1NC(=O)C(C(C)C)N(CC2CCC2)C1=O. The van der Waals surface area contributed by atoms with E-state index in [0.717, 1.165) is 13.0 Å². The molecule has 114 valence electrons. The Balaban J connectivity index is 2.14. The van der Waals surface area contributed by atoms with E-state index in [1.807, 2.05) is 18.7 Å². The summed E-state index contributed by atoms with van der Waals surface area (Å²) in [6, 6.07) is -0.607. The Morgan fingerprint density at radius 3 is 2.30 bits per heavy atom. The Kier molecular flexibility index (Phi) is 4.71. The van der Waals surface area contributed by atoms with E-state index < -0.39 is 0 Å². The maximum absolute atomic E-state index is 12.7. The fourth-order valence-electron chi connectivity index (χ4n) is 3.25. The van der Waals surface area contributed by atoms with Crippen molar-refractivity contribution in [3.63, 3.8) is 0 Å². The van der Waals surface area contributed by atoms with Crippen LogP contribution in [0, 0.1) is 17.8 Å².